The van der Waals surface area contributed by atoms with Gasteiger partial charge in [-0.05, 0) is 52.9 Å². The normalized spacial score (nSPS) is 16.1. The van der Waals surface area contributed by atoms with Gasteiger partial charge in [0.1, 0.15) is 5.78 Å². The van der Waals surface area contributed by atoms with Crippen LogP contribution in [0.2, 0.25) is 0 Å². The van der Waals surface area contributed by atoms with Gasteiger partial charge in [0.15, 0.2) is 0 Å². The standard InChI is InChI=1S/C15H24O/c1-12(2)6-4-7-13(3)8-5-9-15(16)14-10-11-14/h6,8,14H,4-5,7,9-11H2,1-3H3. The number of carbonyl (C=O) groups is 1. The highest BCUT2D eigenvalue weighted by atomic mass is 16.1. The lowest BCUT2D eigenvalue weighted by Gasteiger charge is -1.99. The maximum absolute atomic E-state index is 11.5. The van der Waals surface area contributed by atoms with Crippen LogP contribution in [-0.2, 0) is 4.79 Å². The summed E-state index contributed by atoms with van der Waals surface area (Å²) in [5.41, 5.74) is 2.80. The summed E-state index contributed by atoms with van der Waals surface area (Å²) in [7, 11) is 0. The average Bonchev–Trinajstić information content (AvgIpc) is 2.99. The van der Waals surface area contributed by atoms with Crippen LogP contribution in [0.15, 0.2) is 23.3 Å². The second-order valence-electron chi connectivity index (χ2n) is 5.15. The molecule has 0 unspecified atom stereocenters. The average molecular weight is 220 g/mol. The van der Waals surface area contributed by atoms with Crippen LogP contribution in [-0.4, -0.2) is 5.78 Å². The highest BCUT2D eigenvalue weighted by Crippen LogP contribution is 2.31. The van der Waals surface area contributed by atoms with Crippen molar-refractivity contribution < 1.29 is 4.79 Å². The second-order valence-corrected chi connectivity index (χ2v) is 5.15. The molecule has 0 amide bonds. The van der Waals surface area contributed by atoms with Gasteiger partial charge in [0.2, 0.25) is 0 Å². The molecule has 0 radical (unpaired) electrons. The molecule has 90 valence electrons. The van der Waals surface area contributed by atoms with Gasteiger partial charge >= 0.3 is 0 Å². The number of allylic oxidation sites excluding steroid dienone is 4. The van der Waals surface area contributed by atoms with Gasteiger partial charge in [-0.3, -0.25) is 4.79 Å². The first kappa shape index (κ1) is 13.2. The van der Waals surface area contributed by atoms with Gasteiger partial charge in [0.05, 0.1) is 0 Å². The van der Waals surface area contributed by atoms with E-state index in [9.17, 15) is 4.79 Å². The van der Waals surface area contributed by atoms with Gasteiger partial charge in [-0.25, -0.2) is 0 Å². The molecule has 0 spiro atoms. The van der Waals surface area contributed by atoms with Crippen molar-refractivity contribution in [1.82, 2.24) is 0 Å². The number of ketones is 1. The zero-order chi connectivity index (χ0) is 12.0. The van der Waals surface area contributed by atoms with Gasteiger partial charge < -0.3 is 0 Å². The summed E-state index contributed by atoms with van der Waals surface area (Å²) in [5.74, 6) is 0.910. The Balaban J connectivity index is 2.12. The Labute approximate surface area is 99.6 Å². The number of rotatable bonds is 7. The molecule has 1 nitrogen and oxygen atoms in total. The molecular weight excluding hydrogens is 196 g/mol. The molecule has 0 heterocycles. The van der Waals surface area contributed by atoms with Crippen molar-refractivity contribution in [2.75, 3.05) is 0 Å². The summed E-state index contributed by atoms with van der Waals surface area (Å²) in [6.07, 6.45) is 10.7. The molecule has 1 heteroatoms. The predicted octanol–water partition coefficient (Wildman–Crippen LogP) is 4.44. The van der Waals surface area contributed by atoms with Crippen LogP contribution in [0.4, 0.5) is 0 Å². The molecule has 0 aromatic rings. The van der Waals surface area contributed by atoms with E-state index in [2.05, 4.69) is 32.9 Å². The van der Waals surface area contributed by atoms with E-state index in [1.165, 1.54) is 11.1 Å². The molecule has 1 aliphatic rings. The van der Waals surface area contributed by atoms with Crippen LogP contribution < -0.4 is 0 Å². The minimum Gasteiger partial charge on any atom is -0.299 e. The Morgan fingerprint density at radius 3 is 2.25 bits per heavy atom. The molecule has 0 aromatic carbocycles. The number of carbonyl (C=O) groups excluding carboxylic acids is 1. The molecule has 16 heavy (non-hydrogen) atoms. The first-order chi connectivity index (χ1) is 7.59. The highest BCUT2D eigenvalue weighted by molar-refractivity contribution is 5.83. The van der Waals surface area contributed by atoms with Crippen molar-refractivity contribution >= 4 is 5.78 Å². The van der Waals surface area contributed by atoms with Crippen molar-refractivity contribution in [1.29, 1.82) is 0 Å². The minimum absolute atomic E-state index is 0.430. The van der Waals surface area contributed by atoms with Gasteiger partial charge in [0.25, 0.3) is 0 Å². The molecule has 1 rings (SSSR count). The molecule has 0 bridgehead atoms. The van der Waals surface area contributed by atoms with Gasteiger partial charge in [0, 0.05) is 12.3 Å². The van der Waals surface area contributed by atoms with Crippen LogP contribution in [0, 0.1) is 5.92 Å². The van der Waals surface area contributed by atoms with E-state index in [0.29, 0.717) is 11.7 Å². The van der Waals surface area contributed by atoms with Crippen molar-refractivity contribution in [2.24, 2.45) is 5.92 Å². The molecule has 1 aliphatic carbocycles. The molecule has 0 N–H and O–H groups in total. The quantitative estimate of drug-likeness (QED) is 0.580. The molecule has 0 aromatic heterocycles. The van der Waals surface area contributed by atoms with E-state index < -0.39 is 0 Å². The Morgan fingerprint density at radius 1 is 1.06 bits per heavy atom. The second kappa shape index (κ2) is 6.67. The topological polar surface area (TPSA) is 17.1 Å². The SMILES string of the molecule is CC(C)=CCCC(C)=CCCC(=O)C1CC1. The van der Waals surface area contributed by atoms with E-state index in [4.69, 9.17) is 0 Å². The third-order valence-electron chi connectivity index (χ3n) is 3.01. The van der Waals surface area contributed by atoms with E-state index in [1.54, 1.807) is 0 Å². The van der Waals surface area contributed by atoms with E-state index >= 15 is 0 Å². The van der Waals surface area contributed by atoms with Crippen molar-refractivity contribution in [3.63, 3.8) is 0 Å². The lowest BCUT2D eigenvalue weighted by atomic mass is 10.1. The van der Waals surface area contributed by atoms with Crippen molar-refractivity contribution in [3.8, 4) is 0 Å². The maximum atomic E-state index is 11.5. The third kappa shape index (κ3) is 5.89. The van der Waals surface area contributed by atoms with E-state index in [-0.39, 0.29) is 0 Å². The Hall–Kier alpha value is -0.850. The highest BCUT2D eigenvalue weighted by Gasteiger charge is 2.28. The summed E-state index contributed by atoms with van der Waals surface area (Å²) in [6, 6.07) is 0. The van der Waals surface area contributed by atoms with Crippen molar-refractivity contribution in [3.05, 3.63) is 23.3 Å². The Morgan fingerprint density at radius 2 is 1.69 bits per heavy atom. The number of hydrogen-bond donors (Lipinski definition) is 0. The fourth-order valence-electron chi connectivity index (χ4n) is 1.76. The number of hydrogen-bond acceptors (Lipinski definition) is 1. The van der Waals surface area contributed by atoms with Gasteiger partial charge in [-0.15, -0.1) is 0 Å². The fraction of sp³-hybridized carbons (Fsp3) is 0.667. The summed E-state index contributed by atoms with van der Waals surface area (Å²) in [6.45, 7) is 6.43. The summed E-state index contributed by atoms with van der Waals surface area (Å²) < 4.78 is 0. The summed E-state index contributed by atoms with van der Waals surface area (Å²) in [5, 5.41) is 0. The van der Waals surface area contributed by atoms with Crippen LogP contribution in [0.5, 0.6) is 0 Å². The summed E-state index contributed by atoms with van der Waals surface area (Å²) in [4.78, 5) is 11.5. The first-order valence-electron chi connectivity index (χ1n) is 6.41. The van der Waals surface area contributed by atoms with Crippen LogP contribution >= 0.6 is 0 Å². The lowest BCUT2D eigenvalue weighted by molar-refractivity contribution is -0.120. The summed E-state index contributed by atoms with van der Waals surface area (Å²) >= 11 is 0. The molecule has 1 saturated carbocycles. The number of Topliss-reactive ketones (excluding diaryl/α,β-unsaturated/α-hetero) is 1. The Kier molecular flexibility index (Phi) is 5.51. The van der Waals surface area contributed by atoms with Gasteiger partial charge in [-0.2, -0.15) is 0 Å². The molecule has 0 saturated heterocycles. The molecular formula is C15H24O. The largest absolute Gasteiger partial charge is 0.299 e. The van der Waals surface area contributed by atoms with Crippen molar-refractivity contribution in [2.45, 2.75) is 59.3 Å². The van der Waals surface area contributed by atoms with Gasteiger partial charge in [-0.1, -0.05) is 23.3 Å². The van der Waals surface area contributed by atoms with Crippen LogP contribution in [0.25, 0.3) is 0 Å². The third-order valence-corrected chi connectivity index (χ3v) is 3.01. The molecule has 0 aliphatic heterocycles. The smallest absolute Gasteiger partial charge is 0.136 e. The Bertz CT molecular complexity index is 289. The maximum Gasteiger partial charge on any atom is 0.136 e. The minimum atomic E-state index is 0.430. The van der Waals surface area contributed by atoms with E-state index in [0.717, 1.165) is 38.5 Å². The zero-order valence-electron chi connectivity index (χ0n) is 10.9. The molecule has 0 atom stereocenters. The predicted molar refractivity (Wildman–Crippen MR) is 69.4 cm³/mol. The lowest BCUT2D eigenvalue weighted by Crippen LogP contribution is -1.98. The zero-order valence-corrected chi connectivity index (χ0v) is 10.9. The van der Waals surface area contributed by atoms with Crippen LogP contribution in [0.1, 0.15) is 59.3 Å². The molecule has 1 fully saturated rings. The van der Waals surface area contributed by atoms with E-state index in [1.807, 2.05) is 0 Å². The monoisotopic (exact) mass is 220 g/mol. The first-order valence-corrected chi connectivity index (χ1v) is 6.41. The fourth-order valence-corrected chi connectivity index (χ4v) is 1.76. The van der Waals surface area contributed by atoms with Crippen LogP contribution in [0.3, 0.4) is 0 Å².